The van der Waals surface area contributed by atoms with E-state index in [0.29, 0.717) is 0 Å². The Morgan fingerprint density at radius 1 is 0.941 bits per heavy atom. The molecular formula is C13H20O3Si. The Morgan fingerprint density at radius 2 is 1.41 bits per heavy atom. The van der Waals surface area contributed by atoms with Crippen LogP contribution in [0.2, 0.25) is 6.04 Å². The van der Waals surface area contributed by atoms with Gasteiger partial charge in [0.25, 0.3) is 0 Å². The molecule has 0 saturated carbocycles. The lowest BCUT2D eigenvalue weighted by Gasteiger charge is -2.22. The van der Waals surface area contributed by atoms with Gasteiger partial charge in [0.15, 0.2) is 0 Å². The molecule has 1 aliphatic rings. The average molecular weight is 252 g/mol. The van der Waals surface area contributed by atoms with Crippen molar-refractivity contribution in [3.05, 3.63) is 35.4 Å². The second kappa shape index (κ2) is 6.71. The summed E-state index contributed by atoms with van der Waals surface area (Å²) in [6, 6.07) is 9.27. The van der Waals surface area contributed by atoms with Crippen LogP contribution in [0.25, 0.3) is 12.2 Å². The maximum absolute atomic E-state index is 5.08. The second-order valence-corrected chi connectivity index (χ2v) is 6.95. The van der Waals surface area contributed by atoms with Crippen molar-refractivity contribution in [2.75, 3.05) is 21.3 Å². The molecule has 3 nitrogen and oxygen atoms in total. The molecule has 0 spiro atoms. The van der Waals surface area contributed by atoms with Gasteiger partial charge in [0.05, 0.1) is 0 Å². The van der Waals surface area contributed by atoms with E-state index in [1.165, 1.54) is 11.1 Å². The zero-order chi connectivity index (χ0) is 12.7. The summed E-state index contributed by atoms with van der Waals surface area (Å²) in [5.74, 6) is 0. The SMILES string of the molecule is C1=Cc2cccc1c2.CC[Si](OC)(OC)OC. The molecule has 17 heavy (non-hydrogen) atoms. The standard InChI is InChI=1S/C8H6.C5H14O3Si/c1-2-7-4-5-8(3-1)6-7;1-5-9(6-2,7-3)8-4/h1-6H;5H2,1-4H3. The van der Waals surface area contributed by atoms with Crippen LogP contribution in [0.4, 0.5) is 0 Å². The van der Waals surface area contributed by atoms with Gasteiger partial charge in [-0.15, -0.1) is 0 Å². The van der Waals surface area contributed by atoms with Gasteiger partial charge in [0, 0.05) is 27.4 Å². The molecule has 1 aliphatic carbocycles. The van der Waals surface area contributed by atoms with E-state index in [2.05, 4.69) is 36.4 Å². The second-order valence-electron chi connectivity index (χ2n) is 3.65. The van der Waals surface area contributed by atoms with Gasteiger partial charge in [0.2, 0.25) is 0 Å². The molecule has 0 unspecified atom stereocenters. The Bertz CT molecular complexity index is 334. The molecule has 1 aromatic rings. The lowest BCUT2D eigenvalue weighted by molar-refractivity contribution is 0.125. The van der Waals surface area contributed by atoms with E-state index >= 15 is 0 Å². The summed E-state index contributed by atoms with van der Waals surface area (Å²) in [6.07, 6.45) is 4.24. The number of hydrogen-bond donors (Lipinski definition) is 0. The van der Waals surface area contributed by atoms with E-state index in [9.17, 15) is 0 Å². The minimum Gasteiger partial charge on any atom is -0.377 e. The van der Waals surface area contributed by atoms with Gasteiger partial charge in [-0.25, -0.2) is 0 Å². The number of hydrogen-bond acceptors (Lipinski definition) is 3. The van der Waals surface area contributed by atoms with Gasteiger partial charge >= 0.3 is 8.80 Å². The van der Waals surface area contributed by atoms with Gasteiger partial charge in [-0.3, -0.25) is 0 Å². The fourth-order valence-corrected chi connectivity index (χ4v) is 3.01. The normalized spacial score (nSPS) is 12.2. The Balaban J connectivity index is 0.000000170. The first kappa shape index (κ1) is 14.1. The van der Waals surface area contributed by atoms with Crippen molar-refractivity contribution in [3.8, 4) is 0 Å². The molecular weight excluding hydrogens is 232 g/mol. The van der Waals surface area contributed by atoms with Gasteiger partial charge in [-0.05, 0) is 17.2 Å². The largest absolute Gasteiger partial charge is 0.499 e. The van der Waals surface area contributed by atoms with Crippen molar-refractivity contribution in [2.24, 2.45) is 0 Å². The van der Waals surface area contributed by atoms with Crippen molar-refractivity contribution in [1.82, 2.24) is 0 Å². The van der Waals surface area contributed by atoms with Crippen LogP contribution in [0, 0.1) is 0 Å². The molecule has 0 fully saturated rings. The summed E-state index contributed by atoms with van der Waals surface area (Å²) in [4.78, 5) is 0. The fraction of sp³-hybridized carbons (Fsp3) is 0.385. The molecule has 0 aromatic heterocycles. The Kier molecular flexibility index (Phi) is 5.57. The lowest BCUT2D eigenvalue weighted by Crippen LogP contribution is -2.41. The first-order chi connectivity index (χ1) is 8.19. The maximum atomic E-state index is 5.08. The Hall–Kier alpha value is -0.943. The lowest BCUT2D eigenvalue weighted by atomic mass is 10.2. The quantitative estimate of drug-likeness (QED) is 0.783. The third-order valence-electron chi connectivity index (χ3n) is 2.74. The third kappa shape index (κ3) is 3.78. The average Bonchev–Trinajstić information content (AvgIpc) is 2.73. The van der Waals surface area contributed by atoms with Crippen LogP contribution in [0.3, 0.4) is 0 Å². The van der Waals surface area contributed by atoms with Crippen molar-refractivity contribution in [2.45, 2.75) is 13.0 Å². The molecule has 0 atom stereocenters. The molecule has 2 rings (SSSR count). The van der Waals surface area contributed by atoms with Crippen molar-refractivity contribution in [3.63, 3.8) is 0 Å². The van der Waals surface area contributed by atoms with Crippen LogP contribution in [-0.2, 0) is 13.3 Å². The monoisotopic (exact) mass is 252 g/mol. The maximum Gasteiger partial charge on any atom is 0.499 e. The van der Waals surface area contributed by atoms with Gasteiger partial charge in [0.1, 0.15) is 0 Å². The van der Waals surface area contributed by atoms with Crippen LogP contribution in [-0.4, -0.2) is 30.1 Å². The van der Waals surface area contributed by atoms with Gasteiger partial charge in [-0.1, -0.05) is 37.3 Å². The number of rotatable bonds is 4. The van der Waals surface area contributed by atoms with E-state index in [1.54, 1.807) is 21.3 Å². The molecule has 0 radical (unpaired) electrons. The molecule has 1 aromatic carbocycles. The molecule has 0 amide bonds. The highest BCUT2D eigenvalue weighted by Crippen LogP contribution is 2.16. The van der Waals surface area contributed by atoms with Crippen LogP contribution in [0.15, 0.2) is 24.3 Å². The summed E-state index contributed by atoms with van der Waals surface area (Å²) in [5.41, 5.74) is 2.64. The first-order valence-electron chi connectivity index (χ1n) is 5.63. The van der Waals surface area contributed by atoms with Crippen LogP contribution in [0.1, 0.15) is 18.1 Å². The minimum atomic E-state index is -2.19. The smallest absolute Gasteiger partial charge is 0.377 e. The summed E-state index contributed by atoms with van der Waals surface area (Å²) >= 11 is 0. The van der Waals surface area contributed by atoms with Crippen molar-refractivity contribution in [1.29, 1.82) is 0 Å². The zero-order valence-corrected chi connectivity index (χ0v) is 11.9. The highest BCUT2D eigenvalue weighted by Gasteiger charge is 2.34. The summed E-state index contributed by atoms with van der Waals surface area (Å²) in [6.45, 7) is 1.99. The van der Waals surface area contributed by atoms with Gasteiger partial charge < -0.3 is 13.3 Å². The molecule has 94 valence electrons. The van der Waals surface area contributed by atoms with E-state index < -0.39 is 8.80 Å². The Labute approximate surface area is 104 Å². The van der Waals surface area contributed by atoms with Crippen LogP contribution in [0.5, 0.6) is 0 Å². The molecule has 0 N–H and O–H groups in total. The van der Waals surface area contributed by atoms with Gasteiger partial charge in [-0.2, -0.15) is 0 Å². The van der Waals surface area contributed by atoms with Crippen molar-refractivity contribution >= 4 is 21.0 Å². The first-order valence-corrected chi connectivity index (χ1v) is 7.56. The highest BCUT2D eigenvalue weighted by atomic mass is 28.4. The third-order valence-corrected chi connectivity index (χ3v) is 5.48. The summed E-state index contributed by atoms with van der Waals surface area (Å²) < 4.78 is 15.2. The van der Waals surface area contributed by atoms with E-state index in [4.69, 9.17) is 13.3 Å². The number of benzene rings is 1. The Morgan fingerprint density at radius 3 is 1.65 bits per heavy atom. The van der Waals surface area contributed by atoms with E-state index in [1.807, 2.05) is 6.92 Å². The fourth-order valence-electron chi connectivity index (χ4n) is 1.64. The van der Waals surface area contributed by atoms with Crippen molar-refractivity contribution < 1.29 is 13.3 Å². The molecule has 2 bridgehead atoms. The van der Waals surface area contributed by atoms with E-state index in [-0.39, 0.29) is 0 Å². The summed E-state index contributed by atoms with van der Waals surface area (Å²) in [5, 5.41) is 0. The topological polar surface area (TPSA) is 27.7 Å². The van der Waals surface area contributed by atoms with Crippen LogP contribution >= 0.6 is 0 Å². The minimum absolute atomic E-state index is 0.816. The predicted octanol–water partition coefficient (Wildman–Crippen LogP) is 3.05. The number of fused-ring (bicyclic) bond motifs is 2. The zero-order valence-electron chi connectivity index (χ0n) is 10.9. The predicted molar refractivity (Wildman–Crippen MR) is 72.6 cm³/mol. The van der Waals surface area contributed by atoms with E-state index in [0.717, 1.165) is 6.04 Å². The molecule has 0 aliphatic heterocycles. The molecule has 0 heterocycles. The summed E-state index contributed by atoms with van der Waals surface area (Å²) in [7, 11) is 2.65. The molecule has 0 saturated heterocycles. The highest BCUT2D eigenvalue weighted by molar-refractivity contribution is 6.60. The van der Waals surface area contributed by atoms with Crippen LogP contribution < -0.4 is 0 Å². The molecule has 4 heteroatoms.